The van der Waals surface area contributed by atoms with E-state index in [0.717, 1.165) is 33.9 Å². The van der Waals surface area contributed by atoms with E-state index in [0.29, 0.717) is 17.4 Å². The molecule has 0 amide bonds. The van der Waals surface area contributed by atoms with Crippen molar-refractivity contribution in [1.29, 1.82) is 0 Å². The number of phenolic OH excluding ortho intramolecular Hbond substituents is 1. The standard InChI is InChI=1S/C23H29N7OS/c1-22(2)9-16(10-23(3,4)28-22)29(5)19-13-30-21(32-19)26-20(27-30)17-7-6-14(8-18(17)31)15-11-24-25-12-15/h6-8,11-13,16,28,31H,9-10H2,1-5H3,(H,24,25). The van der Waals surface area contributed by atoms with Gasteiger partial charge in [-0.1, -0.05) is 17.4 Å². The summed E-state index contributed by atoms with van der Waals surface area (Å²) in [6.07, 6.45) is 7.70. The monoisotopic (exact) mass is 451 g/mol. The largest absolute Gasteiger partial charge is 0.507 e. The normalized spacial score (nSPS) is 18.3. The van der Waals surface area contributed by atoms with Crippen molar-refractivity contribution in [3.05, 3.63) is 36.8 Å². The molecule has 0 aliphatic carbocycles. The van der Waals surface area contributed by atoms with Crippen LogP contribution in [0.1, 0.15) is 40.5 Å². The lowest BCUT2D eigenvalue weighted by Gasteiger charge is -2.49. The topological polar surface area (TPSA) is 94.4 Å². The molecule has 3 N–H and O–H groups in total. The van der Waals surface area contributed by atoms with Crippen LogP contribution in [-0.4, -0.2) is 54.1 Å². The third kappa shape index (κ3) is 3.86. The number of benzene rings is 1. The van der Waals surface area contributed by atoms with Gasteiger partial charge in [0.25, 0.3) is 0 Å². The van der Waals surface area contributed by atoms with Gasteiger partial charge in [-0.2, -0.15) is 10.1 Å². The number of nitrogens with one attached hydrogen (secondary N) is 2. The fourth-order valence-electron chi connectivity index (χ4n) is 5.00. The van der Waals surface area contributed by atoms with E-state index in [1.54, 1.807) is 29.8 Å². The number of rotatable bonds is 4. The molecule has 1 aromatic carbocycles. The lowest BCUT2D eigenvalue weighted by molar-refractivity contribution is 0.161. The van der Waals surface area contributed by atoms with Crippen LogP contribution in [-0.2, 0) is 0 Å². The SMILES string of the molecule is CN(c1cn2nc(-c3ccc(-c4cn[nH]c4)cc3O)nc2s1)C1CC(C)(C)NC(C)(C)C1. The molecule has 4 aromatic rings. The van der Waals surface area contributed by atoms with E-state index in [4.69, 9.17) is 4.98 Å². The van der Waals surface area contributed by atoms with Gasteiger partial charge in [-0.05, 0) is 58.2 Å². The maximum absolute atomic E-state index is 10.6. The van der Waals surface area contributed by atoms with Gasteiger partial charge in [-0.15, -0.1) is 5.10 Å². The Morgan fingerprint density at radius 2 is 1.91 bits per heavy atom. The van der Waals surface area contributed by atoms with E-state index < -0.39 is 0 Å². The third-order valence-electron chi connectivity index (χ3n) is 6.16. The van der Waals surface area contributed by atoms with E-state index in [2.05, 4.69) is 60.3 Å². The van der Waals surface area contributed by atoms with Gasteiger partial charge in [0.1, 0.15) is 10.8 Å². The van der Waals surface area contributed by atoms with E-state index in [-0.39, 0.29) is 16.8 Å². The molecule has 1 saturated heterocycles. The summed E-state index contributed by atoms with van der Waals surface area (Å²) in [5, 5.41) is 26.9. The first kappa shape index (κ1) is 21.0. The quantitative estimate of drug-likeness (QED) is 0.428. The number of phenols is 1. The second kappa shape index (κ2) is 7.31. The van der Waals surface area contributed by atoms with E-state index in [9.17, 15) is 5.11 Å². The maximum Gasteiger partial charge on any atom is 0.214 e. The minimum Gasteiger partial charge on any atom is -0.507 e. The first-order valence-corrected chi connectivity index (χ1v) is 11.6. The van der Waals surface area contributed by atoms with E-state index in [1.165, 1.54) is 0 Å². The molecular weight excluding hydrogens is 422 g/mol. The summed E-state index contributed by atoms with van der Waals surface area (Å²) in [7, 11) is 2.16. The fourth-order valence-corrected chi connectivity index (χ4v) is 5.95. The Bertz CT molecular complexity index is 1210. The molecule has 3 aromatic heterocycles. The highest BCUT2D eigenvalue weighted by atomic mass is 32.1. The summed E-state index contributed by atoms with van der Waals surface area (Å²) in [5.74, 6) is 0.671. The second-order valence-electron chi connectivity index (χ2n) is 10.0. The first-order chi connectivity index (χ1) is 15.1. The molecule has 0 spiro atoms. The number of anilines is 1. The molecule has 0 unspecified atom stereocenters. The van der Waals surface area contributed by atoms with E-state index >= 15 is 0 Å². The smallest absolute Gasteiger partial charge is 0.214 e. The van der Waals surface area contributed by atoms with Crippen LogP contribution in [0.5, 0.6) is 5.75 Å². The Hall–Kier alpha value is -2.91. The van der Waals surface area contributed by atoms with Crippen molar-refractivity contribution in [3.63, 3.8) is 0 Å². The molecule has 0 radical (unpaired) electrons. The van der Waals surface area contributed by atoms with Gasteiger partial charge in [-0.25, -0.2) is 4.52 Å². The number of piperidine rings is 1. The maximum atomic E-state index is 10.6. The average Bonchev–Trinajstić information content (AvgIpc) is 3.41. The highest BCUT2D eigenvalue weighted by Gasteiger charge is 2.39. The molecule has 168 valence electrons. The molecule has 0 saturated carbocycles. The highest BCUT2D eigenvalue weighted by molar-refractivity contribution is 7.20. The molecule has 9 heteroatoms. The van der Waals surface area contributed by atoms with Gasteiger partial charge >= 0.3 is 0 Å². The molecule has 4 heterocycles. The minimum atomic E-state index is 0.0870. The molecule has 32 heavy (non-hydrogen) atoms. The zero-order valence-corrected chi connectivity index (χ0v) is 19.9. The van der Waals surface area contributed by atoms with Crippen molar-refractivity contribution < 1.29 is 5.11 Å². The van der Waals surface area contributed by atoms with Gasteiger partial charge in [0.2, 0.25) is 4.96 Å². The lowest BCUT2D eigenvalue weighted by Crippen LogP contribution is -2.61. The molecule has 1 aliphatic heterocycles. The lowest BCUT2D eigenvalue weighted by atomic mass is 9.79. The second-order valence-corrected chi connectivity index (χ2v) is 11.0. The summed E-state index contributed by atoms with van der Waals surface area (Å²) >= 11 is 1.62. The molecule has 0 atom stereocenters. The molecule has 8 nitrogen and oxygen atoms in total. The highest BCUT2D eigenvalue weighted by Crippen LogP contribution is 2.37. The van der Waals surface area contributed by atoms with Gasteiger partial charge in [0.15, 0.2) is 5.82 Å². The number of thiazole rings is 1. The predicted octanol–water partition coefficient (Wildman–Crippen LogP) is 4.30. The fraction of sp³-hybridized carbons (Fsp3) is 0.435. The third-order valence-corrected chi connectivity index (χ3v) is 7.23. The number of hydrogen-bond acceptors (Lipinski definition) is 7. The van der Waals surface area contributed by atoms with Crippen LogP contribution in [0.25, 0.3) is 27.5 Å². The number of fused-ring (bicyclic) bond motifs is 1. The Labute approximate surface area is 191 Å². The Morgan fingerprint density at radius 1 is 1.16 bits per heavy atom. The van der Waals surface area contributed by atoms with Crippen LogP contribution < -0.4 is 10.2 Å². The minimum absolute atomic E-state index is 0.0870. The van der Waals surface area contributed by atoms with Crippen molar-refractivity contribution in [2.24, 2.45) is 0 Å². The number of aromatic nitrogens is 5. The van der Waals surface area contributed by atoms with Crippen LogP contribution in [0.4, 0.5) is 5.00 Å². The van der Waals surface area contributed by atoms with Crippen molar-refractivity contribution in [2.45, 2.75) is 57.7 Å². The number of hydrogen-bond donors (Lipinski definition) is 3. The van der Waals surface area contributed by atoms with Crippen molar-refractivity contribution >= 4 is 21.3 Å². The molecular formula is C23H29N7OS. The summed E-state index contributed by atoms with van der Waals surface area (Å²) in [4.78, 5) is 7.87. The van der Waals surface area contributed by atoms with Gasteiger partial charge in [-0.3, -0.25) is 5.10 Å². The predicted molar refractivity (Wildman–Crippen MR) is 128 cm³/mol. The number of aromatic hydroxyl groups is 1. The van der Waals surface area contributed by atoms with Crippen LogP contribution in [0.3, 0.4) is 0 Å². The van der Waals surface area contributed by atoms with Crippen molar-refractivity contribution in [3.8, 4) is 28.3 Å². The van der Waals surface area contributed by atoms with Crippen LogP contribution in [0.15, 0.2) is 36.8 Å². The zero-order chi connectivity index (χ0) is 22.7. The number of aromatic amines is 1. The van der Waals surface area contributed by atoms with Crippen LogP contribution in [0.2, 0.25) is 0 Å². The number of nitrogens with zero attached hydrogens (tertiary/aromatic N) is 5. The van der Waals surface area contributed by atoms with Crippen molar-refractivity contribution in [1.82, 2.24) is 30.1 Å². The average molecular weight is 452 g/mol. The van der Waals surface area contributed by atoms with Crippen molar-refractivity contribution in [2.75, 3.05) is 11.9 Å². The summed E-state index contributed by atoms with van der Waals surface area (Å²) in [6, 6.07) is 5.94. The number of H-pyrrole nitrogens is 1. The Kier molecular flexibility index (Phi) is 4.79. The molecule has 0 bridgehead atoms. The zero-order valence-electron chi connectivity index (χ0n) is 19.0. The van der Waals surface area contributed by atoms with Gasteiger partial charge in [0, 0.05) is 35.9 Å². The van der Waals surface area contributed by atoms with E-state index in [1.807, 2.05) is 22.8 Å². The van der Waals surface area contributed by atoms with Crippen LogP contribution >= 0.6 is 11.3 Å². The Morgan fingerprint density at radius 3 is 2.53 bits per heavy atom. The summed E-state index contributed by atoms with van der Waals surface area (Å²) in [6.45, 7) is 9.09. The Balaban J connectivity index is 1.40. The van der Waals surface area contributed by atoms with Gasteiger partial charge < -0.3 is 15.3 Å². The van der Waals surface area contributed by atoms with Gasteiger partial charge in [0.05, 0.1) is 18.0 Å². The summed E-state index contributed by atoms with van der Waals surface area (Å²) in [5.41, 5.74) is 2.60. The molecule has 5 rings (SSSR count). The first-order valence-electron chi connectivity index (χ1n) is 10.8. The van der Waals surface area contributed by atoms with Crippen LogP contribution in [0, 0.1) is 0 Å². The molecule has 1 fully saturated rings. The molecule has 1 aliphatic rings. The summed E-state index contributed by atoms with van der Waals surface area (Å²) < 4.78 is 1.81.